The van der Waals surface area contributed by atoms with Crippen LogP contribution in [0.4, 0.5) is 0 Å². The first-order chi connectivity index (χ1) is 16.3. The zero-order valence-corrected chi connectivity index (χ0v) is 24.9. The fourth-order valence-corrected chi connectivity index (χ4v) is 4.73. The molecule has 0 N–H and O–H groups in total. The Bertz CT molecular complexity index is 1060. The summed E-state index contributed by atoms with van der Waals surface area (Å²) in [5.74, 6) is 1.02. The van der Waals surface area contributed by atoms with Crippen molar-refractivity contribution in [2.24, 2.45) is 5.92 Å². The summed E-state index contributed by atoms with van der Waals surface area (Å²) in [7, 11) is 1.71. The Balaban J connectivity index is 0.000000509. The molecule has 0 unspecified atom stereocenters. The SMILES string of the molecule is CCCC1CCCCC1.COc1cc(C)c(C)cc1C.Cc1cc2ccccc2n1CC(=O)[O-].[HH].[Na+]. The van der Waals surface area contributed by atoms with Crippen LogP contribution in [0.5, 0.6) is 5.75 Å². The van der Waals surface area contributed by atoms with Gasteiger partial charge < -0.3 is 19.2 Å². The summed E-state index contributed by atoms with van der Waals surface area (Å²) in [5.41, 5.74) is 5.69. The van der Waals surface area contributed by atoms with Crippen molar-refractivity contribution in [2.75, 3.05) is 7.11 Å². The quantitative estimate of drug-likeness (QED) is 0.510. The van der Waals surface area contributed by atoms with E-state index in [2.05, 4.69) is 39.8 Å². The van der Waals surface area contributed by atoms with Gasteiger partial charge in [0.2, 0.25) is 0 Å². The standard InChI is InChI=1S/C11H11NO2.C10H14O.C9H18.Na.H2/c1-8-6-9-4-2-3-5-10(9)12(8)7-11(13)14;1-7-5-9(3)10(11-4)6-8(7)2;1-2-6-9-7-4-3-5-8-9;;/h2-6H,7H2,1H3,(H,13,14);5-6H,1-4H3;9H,2-8H2,1H3;;1H/q;;;+1;/p-1. The van der Waals surface area contributed by atoms with Gasteiger partial charge in [0, 0.05) is 12.6 Å². The maximum Gasteiger partial charge on any atom is 1.00 e. The van der Waals surface area contributed by atoms with Crippen molar-refractivity contribution in [1.82, 2.24) is 4.57 Å². The van der Waals surface area contributed by atoms with Gasteiger partial charge in [0.25, 0.3) is 0 Å². The van der Waals surface area contributed by atoms with Crippen LogP contribution in [-0.4, -0.2) is 17.6 Å². The third kappa shape index (κ3) is 10.0. The summed E-state index contributed by atoms with van der Waals surface area (Å²) in [6.45, 7) is 10.4. The van der Waals surface area contributed by atoms with E-state index in [1.807, 2.05) is 37.3 Å². The van der Waals surface area contributed by atoms with E-state index in [1.54, 1.807) is 11.7 Å². The van der Waals surface area contributed by atoms with Crippen molar-refractivity contribution in [3.63, 3.8) is 0 Å². The third-order valence-electron chi connectivity index (χ3n) is 6.74. The molecular formula is C30H44NNaO3. The largest absolute Gasteiger partial charge is 1.00 e. The Morgan fingerprint density at radius 3 is 2.23 bits per heavy atom. The fraction of sp³-hybridized carbons (Fsp3) is 0.500. The minimum Gasteiger partial charge on any atom is -0.548 e. The monoisotopic (exact) mass is 489 g/mol. The summed E-state index contributed by atoms with van der Waals surface area (Å²) in [4.78, 5) is 10.5. The number of para-hydroxylation sites is 1. The molecule has 1 aromatic heterocycles. The number of carbonyl (C=O) groups excluding carboxylic acids is 1. The van der Waals surface area contributed by atoms with Crippen LogP contribution in [0, 0.1) is 33.6 Å². The number of hydrogen-bond acceptors (Lipinski definition) is 3. The molecule has 0 aliphatic heterocycles. The average Bonchev–Trinajstić information content (AvgIpc) is 3.12. The molecule has 5 heteroatoms. The van der Waals surface area contributed by atoms with Crippen molar-refractivity contribution in [3.8, 4) is 5.75 Å². The first-order valence-electron chi connectivity index (χ1n) is 12.6. The molecule has 4 nitrogen and oxygen atoms in total. The second-order valence-corrected chi connectivity index (χ2v) is 9.50. The zero-order chi connectivity index (χ0) is 25.1. The van der Waals surface area contributed by atoms with E-state index in [1.165, 1.54) is 61.6 Å². The molecule has 0 amide bonds. The van der Waals surface area contributed by atoms with E-state index < -0.39 is 5.97 Å². The Morgan fingerprint density at radius 1 is 1.00 bits per heavy atom. The van der Waals surface area contributed by atoms with Crippen molar-refractivity contribution >= 4 is 16.9 Å². The molecular weight excluding hydrogens is 445 g/mol. The van der Waals surface area contributed by atoms with E-state index in [0.717, 1.165) is 28.3 Å². The Morgan fingerprint density at radius 2 is 1.63 bits per heavy atom. The number of aromatic nitrogens is 1. The van der Waals surface area contributed by atoms with Crippen LogP contribution in [0.3, 0.4) is 0 Å². The van der Waals surface area contributed by atoms with Crippen molar-refractivity contribution < 1.29 is 45.6 Å². The molecule has 0 saturated heterocycles. The van der Waals surface area contributed by atoms with Crippen LogP contribution in [0.2, 0.25) is 0 Å². The summed E-state index contributed by atoms with van der Waals surface area (Å²) in [6, 6.07) is 13.9. The zero-order valence-electron chi connectivity index (χ0n) is 22.9. The van der Waals surface area contributed by atoms with Gasteiger partial charge in [-0.25, -0.2) is 0 Å². The Kier molecular flexibility index (Phi) is 14.4. The van der Waals surface area contributed by atoms with Crippen molar-refractivity contribution in [1.29, 1.82) is 0 Å². The number of carbonyl (C=O) groups is 1. The number of aryl methyl sites for hydroxylation is 4. The van der Waals surface area contributed by atoms with Crippen LogP contribution in [-0.2, 0) is 11.3 Å². The molecule has 1 aliphatic carbocycles. The number of methoxy groups -OCH3 is 1. The molecule has 35 heavy (non-hydrogen) atoms. The van der Waals surface area contributed by atoms with Gasteiger partial charge in [-0.05, 0) is 73.9 Å². The van der Waals surface area contributed by atoms with Crippen LogP contribution in [0.25, 0.3) is 10.9 Å². The van der Waals surface area contributed by atoms with E-state index in [-0.39, 0.29) is 37.5 Å². The molecule has 188 valence electrons. The van der Waals surface area contributed by atoms with Crippen LogP contribution in [0.15, 0.2) is 42.5 Å². The van der Waals surface area contributed by atoms with E-state index in [4.69, 9.17) is 4.74 Å². The Hall–Kier alpha value is -1.75. The summed E-state index contributed by atoms with van der Waals surface area (Å²) < 4.78 is 6.92. The number of rotatable bonds is 5. The number of fused-ring (bicyclic) bond motifs is 1. The summed E-state index contributed by atoms with van der Waals surface area (Å²) >= 11 is 0. The van der Waals surface area contributed by atoms with Crippen molar-refractivity contribution in [2.45, 2.75) is 86.1 Å². The number of carboxylic acids is 1. The normalized spacial score (nSPS) is 13.1. The predicted octanol–water partition coefficient (Wildman–Crippen LogP) is 3.94. The molecule has 0 bridgehead atoms. The molecule has 4 rings (SSSR count). The van der Waals surface area contributed by atoms with Gasteiger partial charge in [0.05, 0.1) is 19.6 Å². The first-order valence-corrected chi connectivity index (χ1v) is 12.6. The first kappa shape index (κ1) is 31.3. The van der Waals surface area contributed by atoms with Gasteiger partial charge in [-0.2, -0.15) is 0 Å². The number of nitrogens with zero attached hydrogens (tertiary/aromatic N) is 1. The van der Waals surface area contributed by atoms with Gasteiger partial charge in [0.1, 0.15) is 5.75 Å². The van der Waals surface area contributed by atoms with Gasteiger partial charge in [-0.3, -0.25) is 0 Å². The van der Waals surface area contributed by atoms with Gasteiger partial charge in [0.15, 0.2) is 0 Å². The summed E-state index contributed by atoms with van der Waals surface area (Å²) in [6.07, 6.45) is 10.4. The van der Waals surface area contributed by atoms with Gasteiger partial charge >= 0.3 is 29.6 Å². The molecule has 1 heterocycles. The predicted molar refractivity (Wildman–Crippen MR) is 142 cm³/mol. The molecule has 1 fully saturated rings. The van der Waals surface area contributed by atoms with Crippen LogP contribution >= 0.6 is 0 Å². The summed E-state index contributed by atoms with van der Waals surface area (Å²) in [5, 5.41) is 11.6. The fourth-order valence-electron chi connectivity index (χ4n) is 4.73. The topological polar surface area (TPSA) is 54.3 Å². The molecule has 2 aromatic carbocycles. The molecule has 1 aliphatic rings. The smallest absolute Gasteiger partial charge is 0.548 e. The van der Waals surface area contributed by atoms with E-state index in [9.17, 15) is 9.90 Å². The van der Waals surface area contributed by atoms with Crippen LogP contribution < -0.4 is 39.4 Å². The maximum absolute atomic E-state index is 10.5. The number of benzene rings is 2. The van der Waals surface area contributed by atoms with Crippen LogP contribution in [0.1, 0.15) is 75.7 Å². The average molecular weight is 490 g/mol. The number of aliphatic carboxylic acids is 1. The van der Waals surface area contributed by atoms with Crippen molar-refractivity contribution in [3.05, 3.63) is 64.8 Å². The minimum atomic E-state index is -1.06. The van der Waals surface area contributed by atoms with E-state index in [0.29, 0.717) is 0 Å². The molecule has 1 saturated carbocycles. The number of hydrogen-bond donors (Lipinski definition) is 0. The molecule has 0 radical (unpaired) electrons. The second kappa shape index (κ2) is 16.1. The molecule has 0 atom stereocenters. The number of ether oxygens (including phenoxy) is 1. The molecule has 0 spiro atoms. The molecule has 3 aromatic rings. The minimum absolute atomic E-state index is 0. The van der Waals surface area contributed by atoms with Gasteiger partial charge in [-0.1, -0.05) is 76.1 Å². The number of carboxylic acid groups (broad SMARTS) is 1. The maximum atomic E-state index is 10.5. The Labute approximate surface area is 235 Å². The second-order valence-electron chi connectivity index (χ2n) is 9.50. The van der Waals surface area contributed by atoms with Gasteiger partial charge in [-0.15, -0.1) is 0 Å². The third-order valence-corrected chi connectivity index (χ3v) is 6.74. The van der Waals surface area contributed by atoms with E-state index >= 15 is 0 Å².